The molecule has 2 rings (SSSR count). The van der Waals surface area contributed by atoms with Crippen LogP contribution < -0.4 is 0 Å². The van der Waals surface area contributed by atoms with E-state index in [4.69, 9.17) is 0 Å². The van der Waals surface area contributed by atoms with Gasteiger partial charge in [-0.15, -0.1) is 0 Å². The Kier molecular flexibility index (Phi) is 1.84. The summed E-state index contributed by atoms with van der Waals surface area (Å²) in [6.45, 7) is 5.26. The maximum absolute atomic E-state index is 11.4. The zero-order chi connectivity index (χ0) is 10.3. The van der Waals surface area contributed by atoms with Crippen LogP contribution in [0, 0.1) is 13.8 Å². The number of nitrogens with zero attached hydrogens (tertiary/aromatic N) is 3. The molecular formula is C10H11N3O. The molecule has 0 aliphatic heterocycles. The molecule has 0 fully saturated rings. The van der Waals surface area contributed by atoms with Crippen molar-refractivity contribution < 1.29 is 4.79 Å². The van der Waals surface area contributed by atoms with Crippen LogP contribution in [0.2, 0.25) is 0 Å². The van der Waals surface area contributed by atoms with Crippen molar-refractivity contribution in [3.8, 4) is 0 Å². The number of carbonyl (C=O) groups is 1. The van der Waals surface area contributed by atoms with Gasteiger partial charge in [-0.2, -0.15) is 0 Å². The summed E-state index contributed by atoms with van der Waals surface area (Å²) in [6.07, 6.45) is 3.56. The number of rotatable bonds is 1. The molecule has 2 aromatic rings. The van der Waals surface area contributed by atoms with E-state index in [-0.39, 0.29) is 5.78 Å². The smallest absolute Gasteiger partial charge is 0.180 e. The first-order valence-electron chi connectivity index (χ1n) is 4.41. The van der Waals surface area contributed by atoms with E-state index in [9.17, 15) is 4.79 Å². The van der Waals surface area contributed by atoms with Crippen LogP contribution in [0.5, 0.6) is 0 Å². The number of imidazole rings is 1. The normalized spacial score (nSPS) is 10.8. The summed E-state index contributed by atoms with van der Waals surface area (Å²) in [7, 11) is 0. The highest BCUT2D eigenvalue weighted by Crippen LogP contribution is 2.14. The van der Waals surface area contributed by atoms with Crippen molar-refractivity contribution in [1.82, 2.24) is 14.4 Å². The Morgan fingerprint density at radius 3 is 2.79 bits per heavy atom. The first-order valence-corrected chi connectivity index (χ1v) is 4.41. The molecule has 14 heavy (non-hydrogen) atoms. The van der Waals surface area contributed by atoms with Crippen molar-refractivity contribution in [1.29, 1.82) is 0 Å². The van der Waals surface area contributed by atoms with E-state index < -0.39 is 0 Å². The lowest BCUT2D eigenvalue weighted by atomic mass is 10.2. The molecule has 72 valence electrons. The summed E-state index contributed by atoms with van der Waals surface area (Å²) in [4.78, 5) is 19.7. The molecule has 0 radical (unpaired) electrons. The predicted octanol–water partition coefficient (Wildman–Crippen LogP) is 1.55. The third-order valence-corrected chi connectivity index (χ3v) is 2.15. The number of hydrogen-bond donors (Lipinski definition) is 0. The molecule has 2 heterocycles. The second-order valence-electron chi connectivity index (χ2n) is 3.37. The quantitative estimate of drug-likeness (QED) is 0.639. The minimum Gasteiger partial charge on any atom is -0.302 e. The molecule has 0 atom stereocenters. The standard InChI is InChI=1S/C10H11N3O/c1-6-4-13-5-11-7(2)10(13)9(12-6)8(3)14/h4-5H,1-3H3. The number of fused-ring (bicyclic) bond motifs is 1. The number of Topliss-reactive ketones (excluding diaryl/α,β-unsaturated/α-hetero) is 1. The van der Waals surface area contributed by atoms with Crippen LogP contribution >= 0.6 is 0 Å². The molecule has 0 aromatic carbocycles. The van der Waals surface area contributed by atoms with E-state index in [0.717, 1.165) is 16.9 Å². The highest BCUT2D eigenvalue weighted by atomic mass is 16.1. The fourth-order valence-electron chi connectivity index (χ4n) is 1.55. The Morgan fingerprint density at radius 2 is 2.14 bits per heavy atom. The molecule has 0 saturated heterocycles. The highest BCUT2D eigenvalue weighted by molar-refractivity contribution is 5.99. The fourth-order valence-corrected chi connectivity index (χ4v) is 1.55. The van der Waals surface area contributed by atoms with E-state index >= 15 is 0 Å². The largest absolute Gasteiger partial charge is 0.302 e. The first kappa shape index (κ1) is 8.87. The van der Waals surface area contributed by atoms with Gasteiger partial charge >= 0.3 is 0 Å². The number of aryl methyl sites for hydroxylation is 2. The third-order valence-electron chi connectivity index (χ3n) is 2.15. The Hall–Kier alpha value is -1.71. The van der Waals surface area contributed by atoms with Crippen molar-refractivity contribution in [2.45, 2.75) is 20.8 Å². The van der Waals surface area contributed by atoms with Crippen LogP contribution in [0.4, 0.5) is 0 Å². The maximum Gasteiger partial charge on any atom is 0.180 e. The van der Waals surface area contributed by atoms with Crippen molar-refractivity contribution in [3.63, 3.8) is 0 Å². The number of aromatic nitrogens is 3. The summed E-state index contributed by atoms with van der Waals surface area (Å²) >= 11 is 0. The van der Waals surface area contributed by atoms with Gasteiger partial charge in [0.2, 0.25) is 0 Å². The summed E-state index contributed by atoms with van der Waals surface area (Å²) in [6, 6.07) is 0. The molecule has 2 aromatic heterocycles. The minimum atomic E-state index is -0.0256. The Labute approximate surface area is 81.6 Å². The van der Waals surface area contributed by atoms with Crippen LogP contribution in [-0.2, 0) is 0 Å². The molecular weight excluding hydrogens is 178 g/mol. The average molecular weight is 189 g/mol. The van der Waals surface area contributed by atoms with Gasteiger partial charge in [0.25, 0.3) is 0 Å². The second-order valence-corrected chi connectivity index (χ2v) is 3.37. The summed E-state index contributed by atoms with van der Waals surface area (Å²) in [5.74, 6) is -0.0256. The number of ketones is 1. The highest BCUT2D eigenvalue weighted by Gasteiger charge is 2.11. The van der Waals surface area contributed by atoms with Crippen LogP contribution in [0.15, 0.2) is 12.5 Å². The van der Waals surface area contributed by atoms with Crippen LogP contribution in [0.25, 0.3) is 5.52 Å². The molecule has 0 bridgehead atoms. The van der Waals surface area contributed by atoms with Gasteiger partial charge in [0.05, 0.1) is 23.2 Å². The van der Waals surface area contributed by atoms with Crippen LogP contribution in [0.1, 0.15) is 28.8 Å². The summed E-state index contributed by atoms with van der Waals surface area (Å²) < 4.78 is 1.84. The van der Waals surface area contributed by atoms with Crippen molar-refractivity contribution >= 4 is 11.3 Å². The summed E-state index contributed by atoms with van der Waals surface area (Å²) in [5, 5.41) is 0. The van der Waals surface area contributed by atoms with Crippen LogP contribution in [-0.4, -0.2) is 20.2 Å². The minimum absolute atomic E-state index is 0.0256. The molecule has 4 heteroatoms. The maximum atomic E-state index is 11.4. The molecule has 0 aliphatic carbocycles. The molecule has 0 amide bonds. The average Bonchev–Trinajstić information content (AvgIpc) is 2.46. The second kappa shape index (κ2) is 2.90. The lowest BCUT2D eigenvalue weighted by Crippen LogP contribution is -2.03. The van der Waals surface area contributed by atoms with Gasteiger partial charge in [0, 0.05) is 13.1 Å². The monoisotopic (exact) mass is 189 g/mol. The molecule has 0 N–H and O–H groups in total. The lowest BCUT2D eigenvalue weighted by Gasteiger charge is -2.02. The van der Waals surface area contributed by atoms with Gasteiger partial charge in [-0.05, 0) is 13.8 Å². The van der Waals surface area contributed by atoms with Gasteiger partial charge < -0.3 is 4.40 Å². The van der Waals surface area contributed by atoms with Crippen molar-refractivity contribution in [3.05, 3.63) is 29.6 Å². The van der Waals surface area contributed by atoms with Gasteiger partial charge in [0.1, 0.15) is 5.69 Å². The Morgan fingerprint density at radius 1 is 1.43 bits per heavy atom. The number of carbonyl (C=O) groups excluding carboxylic acids is 1. The molecule has 0 aliphatic rings. The van der Waals surface area contributed by atoms with Crippen molar-refractivity contribution in [2.24, 2.45) is 0 Å². The van der Waals surface area contributed by atoms with E-state index in [1.807, 2.05) is 24.4 Å². The molecule has 4 nitrogen and oxygen atoms in total. The van der Waals surface area contributed by atoms with Crippen molar-refractivity contribution in [2.75, 3.05) is 0 Å². The molecule has 0 unspecified atom stereocenters. The first-order chi connectivity index (χ1) is 6.59. The van der Waals surface area contributed by atoms with Crippen LogP contribution in [0.3, 0.4) is 0 Å². The van der Waals surface area contributed by atoms with Gasteiger partial charge in [0.15, 0.2) is 5.78 Å². The van der Waals surface area contributed by atoms with Gasteiger partial charge in [-0.25, -0.2) is 9.97 Å². The SMILES string of the molecule is CC(=O)c1nc(C)cn2cnc(C)c12. The van der Waals surface area contributed by atoms with E-state index in [1.165, 1.54) is 6.92 Å². The van der Waals surface area contributed by atoms with E-state index in [1.54, 1.807) is 6.33 Å². The Bertz CT molecular complexity index is 513. The zero-order valence-corrected chi connectivity index (χ0v) is 8.40. The number of hydrogen-bond acceptors (Lipinski definition) is 3. The topological polar surface area (TPSA) is 47.3 Å². The van der Waals surface area contributed by atoms with E-state index in [0.29, 0.717) is 5.69 Å². The predicted molar refractivity (Wildman–Crippen MR) is 52.5 cm³/mol. The fraction of sp³-hybridized carbons (Fsp3) is 0.300. The summed E-state index contributed by atoms with van der Waals surface area (Å²) in [5.41, 5.74) is 2.96. The molecule has 0 spiro atoms. The molecule has 0 saturated carbocycles. The van der Waals surface area contributed by atoms with E-state index in [2.05, 4.69) is 9.97 Å². The van der Waals surface area contributed by atoms with Gasteiger partial charge in [-0.3, -0.25) is 4.79 Å². The Balaban J connectivity index is 2.90. The lowest BCUT2D eigenvalue weighted by molar-refractivity contribution is 0.101. The van der Waals surface area contributed by atoms with Gasteiger partial charge in [-0.1, -0.05) is 0 Å². The zero-order valence-electron chi connectivity index (χ0n) is 8.40. The third kappa shape index (κ3) is 1.19.